The normalized spacial score (nSPS) is 11.1. The largest absolute Gasteiger partial charge is 0.478 e. The molecule has 0 spiro atoms. The van der Waals surface area contributed by atoms with Gasteiger partial charge in [-0.15, -0.1) is 0 Å². The quantitative estimate of drug-likeness (QED) is 0.843. The van der Waals surface area contributed by atoms with Gasteiger partial charge in [-0.25, -0.2) is 9.59 Å². The maximum Gasteiger partial charge on any atom is 0.336 e. The van der Waals surface area contributed by atoms with Crippen molar-refractivity contribution in [3.05, 3.63) is 59.7 Å². The molecule has 0 heterocycles. The summed E-state index contributed by atoms with van der Waals surface area (Å²) in [5.41, 5.74) is -0.160. The number of carboxylic acid groups (broad SMARTS) is 2. The van der Waals surface area contributed by atoms with Crippen LogP contribution in [0, 0.1) is 0 Å². The molecule has 0 aliphatic heterocycles. The van der Waals surface area contributed by atoms with Crippen LogP contribution in [0.1, 0.15) is 20.7 Å². The lowest BCUT2D eigenvalue weighted by atomic mass is 10.2. The van der Waals surface area contributed by atoms with Gasteiger partial charge in [-0.3, -0.25) is 0 Å². The number of carbonyl (C=O) groups is 2. The third-order valence-corrected chi connectivity index (χ3v) is 5.81. The summed E-state index contributed by atoms with van der Waals surface area (Å²) in [6.07, 6.45) is 0. The molecule has 0 unspecified atom stereocenters. The highest BCUT2D eigenvalue weighted by Crippen LogP contribution is 2.41. The standard InChI is InChI=1S/C15H13O5P/c1-21(20,12-8-4-2-6-10(12)14(16)17)13-9-5-3-7-11(13)15(18)19/h2-9H,1H3,(H,16,17)(H,18,19). The maximum atomic E-state index is 13.1. The van der Waals surface area contributed by atoms with Crippen molar-refractivity contribution in [1.29, 1.82) is 0 Å². The van der Waals surface area contributed by atoms with Crippen LogP contribution in [0.3, 0.4) is 0 Å². The molecule has 5 nitrogen and oxygen atoms in total. The first-order chi connectivity index (χ1) is 9.85. The molecule has 0 fully saturated rings. The van der Waals surface area contributed by atoms with Crippen molar-refractivity contribution >= 4 is 29.7 Å². The van der Waals surface area contributed by atoms with Crippen molar-refractivity contribution in [2.24, 2.45) is 0 Å². The Kier molecular flexibility index (Phi) is 3.96. The minimum Gasteiger partial charge on any atom is -0.478 e. The SMILES string of the molecule is CP(=O)(c1ccccc1C(=O)O)c1ccccc1C(=O)O. The van der Waals surface area contributed by atoms with Crippen LogP contribution in [-0.2, 0) is 4.57 Å². The summed E-state index contributed by atoms with van der Waals surface area (Å²) in [7, 11) is -3.34. The number of benzene rings is 2. The number of aromatic carboxylic acids is 2. The average Bonchev–Trinajstić information content (AvgIpc) is 2.47. The van der Waals surface area contributed by atoms with Crippen molar-refractivity contribution < 1.29 is 24.4 Å². The fraction of sp³-hybridized carbons (Fsp3) is 0.0667. The van der Waals surface area contributed by atoms with Crippen molar-refractivity contribution in [2.75, 3.05) is 6.66 Å². The van der Waals surface area contributed by atoms with E-state index in [4.69, 9.17) is 0 Å². The average molecular weight is 304 g/mol. The van der Waals surface area contributed by atoms with Crippen LogP contribution in [0.5, 0.6) is 0 Å². The summed E-state index contributed by atoms with van der Waals surface area (Å²) in [5.74, 6) is -2.39. The second-order valence-corrected chi connectivity index (χ2v) is 7.38. The fourth-order valence-corrected chi connectivity index (χ4v) is 4.44. The molecule has 2 rings (SSSR count). The van der Waals surface area contributed by atoms with E-state index in [0.29, 0.717) is 0 Å². The van der Waals surface area contributed by atoms with E-state index in [0.717, 1.165) is 0 Å². The van der Waals surface area contributed by atoms with Crippen LogP contribution < -0.4 is 10.6 Å². The smallest absolute Gasteiger partial charge is 0.336 e. The van der Waals surface area contributed by atoms with Gasteiger partial charge in [-0.2, -0.15) is 0 Å². The zero-order valence-electron chi connectivity index (χ0n) is 11.2. The Bertz CT molecular complexity index is 705. The van der Waals surface area contributed by atoms with E-state index in [-0.39, 0.29) is 21.7 Å². The maximum absolute atomic E-state index is 13.1. The topological polar surface area (TPSA) is 91.7 Å². The van der Waals surface area contributed by atoms with Crippen LogP contribution in [-0.4, -0.2) is 28.8 Å². The molecular weight excluding hydrogens is 291 g/mol. The minimum absolute atomic E-state index is 0.0801. The second-order valence-electron chi connectivity index (χ2n) is 4.57. The Morgan fingerprint density at radius 3 is 1.48 bits per heavy atom. The van der Waals surface area contributed by atoms with Gasteiger partial charge in [0.05, 0.1) is 11.1 Å². The molecule has 21 heavy (non-hydrogen) atoms. The number of hydrogen-bond donors (Lipinski definition) is 2. The molecule has 0 atom stereocenters. The first-order valence-electron chi connectivity index (χ1n) is 6.09. The molecule has 0 bridgehead atoms. The highest BCUT2D eigenvalue weighted by molar-refractivity contribution is 7.78. The number of rotatable bonds is 4. The van der Waals surface area contributed by atoms with Gasteiger partial charge in [-0.05, 0) is 18.8 Å². The Morgan fingerprint density at radius 2 is 1.14 bits per heavy atom. The highest BCUT2D eigenvalue weighted by atomic mass is 31.2. The molecule has 6 heteroatoms. The van der Waals surface area contributed by atoms with Gasteiger partial charge in [0.25, 0.3) is 0 Å². The highest BCUT2D eigenvalue weighted by Gasteiger charge is 2.30. The molecule has 2 aromatic rings. The summed E-state index contributed by atoms with van der Waals surface area (Å²) in [6.45, 7) is 1.39. The zero-order chi connectivity index (χ0) is 15.6. The second kappa shape index (κ2) is 5.54. The Labute approximate surface area is 121 Å². The van der Waals surface area contributed by atoms with Crippen LogP contribution in [0.4, 0.5) is 0 Å². The molecular formula is C15H13O5P. The third kappa shape index (κ3) is 2.73. The lowest BCUT2D eigenvalue weighted by molar-refractivity contribution is 0.0688. The molecule has 0 amide bonds. The summed E-state index contributed by atoms with van der Waals surface area (Å²) in [4.78, 5) is 22.6. The van der Waals surface area contributed by atoms with Gasteiger partial charge in [0.1, 0.15) is 7.14 Å². The van der Waals surface area contributed by atoms with Crippen LogP contribution >= 0.6 is 7.14 Å². The zero-order valence-corrected chi connectivity index (χ0v) is 12.1. The summed E-state index contributed by atoms with van der Waals surface area (Å²) in [6, 6.07) is 11.9. The minimum atomic E-state index is -3.34. The van der Waals surface area contributed by atoms with E-state index in [2.05, 4.69) is 0 Å². The van der Waals surface area contributed by atoms with E-state index in [1.165, 1.54) is 43.1 Å². The molecule has 2 N–H and O–H groups in total. The van der Waals surface area contributed by atoms with Gasteiger partial charge in [-0.1, -0.05) is 36.4 Å². The van der Waals surface area contributed by atoms with Gasteiger partial charge >= 0.3 is 11.9 Å². The first-order valence-corrected chi connectivity index (χ1v) is 8.24. The van der Waals surface area contributed by atoms with E-state index < -0.39 is 19.1 Å². The summed E-state index contributed by atoms with van der Waals surface area (Å²) >= 11 is 0. The first kappa shape index (κ1) is 15.0. The Morgan fingerprint density at radius 1 is 0.810 bits per heavy atom. The molecule has 0 saturated heterocycles. The van der Waals surface area contributed by atoms with E-state index in [1.807, 2.05) is 0 Å². The van der Waals surface area contributed by atoms with E-state index >= 15 is 0 Å². The predicted molar refractivity (Wildman–Crippen MR) is 79.6 cm³/mol. The van der Waals surface area contributed by atoms with Crippen molar-refractivity contribution in [2.45, 2.75) is 0 Å². The molecule has 0 aliphatic rings. The van der Waals surface area contributed by atoms with Crippen molar-refractivity contribution in [3.8, 4) is 0 Å². The third-order valence-electron chi connectivity index (χ3n) is 3.19. The molecule has 0 saturated carbocycles. The number of hydrogen-bond acceptors (Lipinski definition) is 3. The molecule has 0 aliphatic carbocycles. The summed E-state index contributed by atoms with van der Waals surface area (Å²) < 4.78 is 13.1. The van der Waals surface area contributed by atoms with E-state index in [9.17, 15) is 24.4 Å². The van der Waals surface area contributed by atoms with Gasteiger partial charge in [0, 0.05) is 10.6 Å². The molecule has 2 aromatic carbocycles. The molecule has 0 aromatic heterocycles. The van der Waals surface area contributed by atoms with E-state index in [1.54, 1.807) is 12.1 Å². The van der Waals surface area contributed by atoms with Crippen molar-refractivity contribution in [1.82, 2.24) is 0 Å². The number of carboxylic acids is 2. The lowest BCUT2D eigenvalue weighted by Crippen LogP contribution is -2.25. The van der Waals surface area contributed by atoms with Crippen molar-refractivity contribution in [3.63, 3.8) is 0 Å². The van der Waals surface area contributed by atoms with Gasteiger partial charge in [0.2, 0.25) is 0 Å². The predicted octanol–water partition coefficient (Wildman–Crippen LogP) is 2.03. The lowest BCUT2D eigenvalue weighted by Gasteiger charge is -2.18. The Hall–Kier alpha value is -2.39. The van der Waals surface area contributed by atoms with Crippen LogP contribution in [0.25, 0.3) is 0 Å². The Balaban J connectivity index is 2.72. The fourth-order valence-electron chi connectivity index (χ4n) is 2.18. The summed E-state index contributed by atoms with van der Waals surface area (Å²) in [5, 5.41) is 18.7. The molecule has 0 radical (unpaired) electrons. The molecule has 108 valence electrons. The van der Waals surface area contributed by atoms with Gasteiger partial charge < -0.3 is 14.8 Å². The monoisotopic (exact) mass is 304 g/mol. The van der Waals surface area contributed by atoms with Gasteiger partial charge in [0.15, 0.2) is 0 Å². The van der Waals surface area contributed by atoms with Crippen LogP contribution in [0.2, 0.25) is 0 Å². The van der Waals surface area contributed by atoms with Crippen LogP contribution in [0.15, 0.2) is 48.5 Å².